The Morgan fingerprint density at radius 3 is 3.06 bits per heavy atom. The standard InChI is InChI=1S/C12H17ClN4/c13-11-4-3-10(14)12(15-11)17-7-6-16-5-1-2-9(16)8-17/h3-4,9H,1-2,5-8,14H2. The van der Waals surface area contributed by atoms with Gasteiger partial charge in [0.2, 0.25) is 0 Å². The zero-order chi connectivity index (χ0) is 11.8. The molecule has 0 spiro atoms. The summed E-state index contributed by atoms with van der Waals surface area (Å²) in [7, 11) is 0. The lowest BCUT2D eigenvalue weighted by molar-refractivity contribution is 0.230. The molecular formula is C12H17ClN4. The number of halogens is 1. The molecule has 0 radical (unpaired) electrons. The number of nitrogen functional groups attached to an aromatic ring is 1. The van der Waals surface area contributed by atoms with Crippen molar-refractivity contribution in [1.29, 1.82) is 0 Å². The first-order valence-electron chi connectivity index (χ1n) is 6.15. The molecule has 0 saturated carbocycles. The lowest BCUT2D eigenvalue weighted by Gasteiger charge is -2.38. The van der Waals surface area contributed by atoms with E-state index in [-0.39, 0.29) is 0 Å². The number of fused-ring (bicyclic) bond motifs is 1. The highest BCUT2D eigenvalue weighted by Gasteiger charge is 2.31. The third-order valence-corrected chi connectivity index (χ3v) is 3.97. The van der Waals surface area contributed by atoms with Gasteiger partial charge in [-0.3, -0.25) is 4.90 Å². The van der Waals surface area contributed by atoms with Gasteiger partial charge in [-0.1, -0.05) is 11.6 Å². The van der Waals surface area contributed by atoms with Crippen LogP contribution in [-0.2, 0) is 0 Å². The maximum Gasteiger partial charge on any atom is 0.153 e. The molecule has 1 aromatic heterocycles. The van der Waals surface area contributed by atoms with Crippen LogP contribution in [0.3, 0.4) is 0 Å². The van der Waals surface area contributed by atoms with Crippen molar-refractivity contribution in [3.63, 3.8) is 0 Å². The van der Waals surface area contributed by atoms with E-state index in [0.29, 0.717) is 11.2 Å². The predicted octanol–water partition coefficient (Wildman–Crippen LogP) is 1.60. The van der Waals surface area contributed by atoms with E-state index in [1.165, 1.54) is 19.4 Å². The summed E-state index contributed by atoms with van der Waals surface area (Å²) in [5.41, 5.74) is 6.70. The van der Waals surface area contributed by atoms with Crippen molar-refractivity contribution in [3.05, 3.63) is 17.3 Å². The molecule has 17 heavy (non-hydrogen) atoms. The van der Waals surface area contributed by atoms with E-state index in [4.69, 9.17) is 17.3 Å². The number of nitrogens with zero attached hydrogens (tertiary/aromatic N) is 3. The minimum absolute atomic E-state index is 0.517. The van der Waals surface area contributed by atoms with Crippen LogP contribution in [0, 0.1) is 0 Å². The van der Waals surface area contributed by atoms with E-state index in [1.54, 1.807) is 6.07 Å². The molecule has 1 atom stereocenters. The summed E-state index contributed by atoms with van der Waals surface area (Å²) in [6.07, 6.45) is 2.61. The SMILES string of the molecule is Nc1ccc(Cl)nc1N1CCN2CCCC2C1. The van der Waals surface area contributed by atoms with Crippen molar-refractivity contribution in [3.8, 4) is 0 Å². The number of rotatable bonds is 1. The van der Waals surface area contributed by atoms with Crippen molar-refractivity contribution in [2.24, 2.45) is 0 Å². The lowest BCUT2D eigenvalue weighted by Crippen LogP contribution is -2.50. The van der Waals surface area contributed by atoms with Crippen molar-refractivity contribution >= 4 is 23.1 Å². The molecule has 2 saturated heterocycles. The van der Waals surface area contributed by atoms with Crippen LogP contribution >= 0.6 is 11.6 Å². The molecule has 0 bridgehead atoms. The third kappa shape index (κ3) is 2.07. The molecule has 2 fully saturated rings. The second-order valence-corrected chi connectivity index (χ2v) is 5.21. The van der Waals surface area contributed by atoms with E-state index in [1.807, 2.05) is 6.07 Å². The summed E-state index contributed by atoms with van der Waals surface area (Å²) in [6.45, 7) is 4.38. The molecule has 4 nitrogen and oxygen atoms in total. The summed E-state index contributed by atoms with van der Waals surface area (Å²) >= 11 is 5.94. The van der Waals surface area contributed by atoms with E-state index in [2.05, 4.69) is 14.8 Å². The van der Waals surface area contributed by atoms with Crippen molar-refractivity contribution < 1.29 is 0 Å². The minimum Gasteiger partial charge on any atom is -0.396 e. The van der Waals surface area contributed by atoms with Crippen molar-refractivity contribution in [2.75, 3.05) is 36.8 Å². The molecule has 3 rings (SSSR count). The molecule has 3 heterocycles. The first-order valence-corrected chi connectivity index (χ1v) is 6.53. The smallest absolute Gasteiger partial charge is 0.153 e. The Morgan fingerprint density at radius 1 is 1.29 bits per heavy atom. The molecule has 2 N–H and O–H groups in total. The average molecular weight is 253 g/mol. The molecule has 0 aromatic carbocycles. The molecule has 5 heteroatoms. The first kappa shape index (κ1) is 11.1. The Bertz CT molecular complexity index is 423. The number of piperazine rings is 1. The Kier molecular flexibility index (Phi) is 2.84. The highest BCUT2D eigenvalue weighted by molar-refractivity contribution is 6.29. The monoisotopic (exact) mass is 252 g/mol. The average Bonchev–Trinajstić information content (AvgIpc) is 2.79. The number of pyridine rings is 1. The van der Waals surface area contributed by atoms with E-state index in [0.717, 1.165) is 31.1 Å². The van der Waals surface area contributed by atoms with Gasteiger partial charge in [0.15, 0.2) is 5.82 Å². The van der Waals surface area contributed by atoms with Gasteiger partial charge in [-0.05, 0) is 31.5 Å². The van der Waals surface area contributed by atoms with Gasteiger partial charge in [0, 0.05) is 25.7 Å². The van der Waals surface area contributed by atoms with Gasteiger partial charge in [-0.15, -0.1) is 0 Å². The van der Waals surface area contributed by atoms with Crippen LogP contribution in [0.15, 0.2) is 12.1 Å². The van der Waals surface area contributed by atoms with Crippen molar-refractivity contribution in [1.82, 2.24) is 9.88 Å². The summed E-state index contributed by atoms with van der Waals surface area (Å²) < 4.78 is 0. The highest BCUT2D eigenvalue weighted by Crippen LogP contribution is 2.28. The fraction of sp³-hybridized carbons (Fsp3) is 0.583. The second-order valence-electron chi connectivity index (χ2n) is 4.82. The Morgan fingerprint density at radius 2 is 2.18 bits per heavy atom. The highest BCUT2D eigenvalue weighted by atomic mass is 35.5. The molecule has 1 aromatic rings. The first-order chi connectivity index (χ1) is 8.24. The number of nitrogens with two attached hydrogens (primary N) is 1. The summed E-state index contributed by atoms with van der Waals surface area (Å²) in [6, 6.07) is 4.25. The van der Waals surface area contributed by atoms with E-state index >= 15 is 0 Å². The van der Waals surface area contributed by atoms with Gasteiger partial charge in [0.1, 0.15) is 5.15 Å². The Balaban J connectivity index is 1.82. The predicted molar refractivity (Wildman–Crippen MR) is 70.5 cm³/mol. The van der Waals surface area contributed by atoms with Crippen LogP contribution in [-0.4, -0.2) is 42.1 Å². The molecule has 1 unspecified atom stereocenters. The molecule has 2 aliphatic heterocycles. The van der Waals surface area contributed by atoms with E-state index < -0.39 is 0 Å². The second kappa shape index (κ2) is 4.35. The summed E-state index contributed by atoms with van der Waals surface area (Å²) in [5.74, 6) is 0.851. The maximum absolute atomic E-state index is 5.98. The van der Waals surface area contributed by atoms with Gasteiger partial charge >= 0.3 is 0 Å². The molecule has 2 aliphatic rings. The quantitative estimate of drug-likeness (QED) is 0.772. The Hall–Kier alpha value is -1.00. The zero-order valence-corrected chi connectivity index (χ0v) is 10.5. The number of hydrogen-bond acceptors (Lipinski definition) is 4. The van der Waals surface area contributed by atoms with E-state index in [9.17, 15) is 0 Å². The van der Waals surface area contributed by atoms with Crippen LogP contribution in [0.2, 0.25) is 5.15 Å². The summed E-state index contributed by atoms with van der Waals surface area (Å²) in [5, 5.41) is 0.517. The van der Waals surface area contributed by atoms with Gasteiger partial charge < -0.3 is 10.6 Å². The van der Waals surface area contributed by atoms with Crippen LogP contribution in [0.1, 0.15) is 12.8 Å². The number of anilines is 2. The van der Waals surface area contributed by atoms with Gasteiger partial charge in [-0.2, -0.15) is 0 Å². The van der Waals surface area contributed by atoms with Crippen LogP contribution in [0.5, 0.6) is 0 Å². The topological polar surface area (TPSA) is 45.4 Å². The van der Waals surface area contributed by atoms with Crippen LogP contribution < -0.4 is 10.6 Å². The minimum atomic E-state index is 0.517. The van der Waals surface area contributed by atoms with Crippen LogP contribution in [0.4, 0.5) is 11.5 Å². The van der Waals surface area contributed by atoms with Gasteiger partial charge in [-0.25, -0.2) is 4.98 Å². The molecular weight excluding hydrogens is 236 g/mol. The number of hydrogen-bond donors (Lipinski definition) is 1. The third-order valence-electron chi connectivity index (χ3n) is 3.76. The van der Waals surface area contributed by atoms with Crippen molar-refractivity contribution in [2.45, 2.75) is 18.9 Å². The van der Waals surface area contributed by atoms with Gasteiger partial charge in [0.05, 0.1) is 5.69 Å². The lowest BCUT2D eigenvalue weighted by atomic mass is 10.1. The largest absolute Gasteiger partial charge is 0.396 e. The number of aromatic nitrogens is 1. The van der Waals surface area contributed by atoms with Gasteiger partial charge in [0.25, 0.3) is 0 Å². The Labute approximate surface area is 106 Å². The fourth-order valence-corrected chi connectivity index (χ4v) is 3.02. The summed E-state index contributed by atoms with van der Waals surface area (Å²) in [4.78, 5) is 9.20. The molecule has 0 aliphatic carbocycles. The van der Waals surface area contributed by atoms with Crippen LogP contribution in [0.25, 0.3) is 0 Å². The zero-order valence-electron chi connectivity index (χ0n) is 9.77. The normalized spacial score (nSPS) is 25.0. The molecule has 92 valence electrons. The fourth-order valence-electron chi connectivity index (χ4n) is 2.87. The maximum atomic E-state index is 5.98. The molecule has 0 amide bonds.